The Morgan fingerprint density at radius 2 is 1.65 bits per heavy atom. The smallest absolute Gasteiger partial charge is 0.416 e. The van der Waals surface area contributed by atoms with E-state index in [9.17, 15) is 13.2 Å². The lowest BCUT2D eigenvalue weighted by molar-refractivity contribution is -0.137. The minimum Gasteiger partial charge on any atom is -0.489 e. The van der Waals surface area contributed by atoms with E-state index in [1.54, 1.807) is 12.1 Å². The first kappa shape index (κ1) is 20.2. The summed E-state index contributed by atoms with van der Waals surface area (Å²) in [7, 11) is 0. The zero-order valence-corrected chi connectivity index (χ0v) is 16.0. The minimum atomic E-state index is -4.39. The van der Waals surface area contributed by atoms with E-state index in [0.717, 1.165) is 28.8 Å². The van der Waals surface area contributed by atoms with Crippen molar-refractivity contribution < 1.29 is 17.9 Å². The van der Waals surface area contributed by atoms with Crippen molar-refractivity contribution in [2.45, 2.75) is 12.8 Å². The van der Waals surface area contributed by atoms with Gasteiger partial charge < -0.3 is 4.74 Å². The number of aromatic amines is 1. The summed E-state index contributed by atoms with van der Waals surface area (Å²) in [5.41, 5.74) is 3.06. The van der Waals surface area contributed by atoms with Crippen LogP contribution in [0.25, 0.3) is 22.4 Å². The van der Waals surface area contributed by atoms with Crippen LogP contribution in [-0.2, 0) is 12.8 Å². The zero-order chi connectivity index (χ0) is 21.8. The zero-order valence-electron chi connectivity index (χ0n) is 16.0. The molecule has 0 unspecified atom stereocenters. The van der Waals surface area contributed by atoms with Gasteiger partial charge in [-0.3, -0.25) is 0 Å². The fraction of sp³-hybridized carbons (Fsp3) is 0.0870. The predicted molar refractivity (Wildman–Crippen MR) is 108 cm³/mol. The Balaban J connectivity index is 1.49. The van der Waals surface area contributed by atoms with Crippen molar-refractivity contribution in [2.24, 2.45) is 0 Å². The van der Waals surface area contributed by atoms with E-state index >= 15 is 0 Å². The number of H-pyrrole nitrogens is 1. The van der Waals surface area contributed by atoms with Gasteiger partial charge in [0.15, 0.2) is 5.69 Å². The summed E-state index contributed by atoms with van der Waals surface area (Å²) in [4.78, 5) is 0. The SMILES string of the molecule is N#Cc1[nH]nnc1-c1ccc(-c2cccc(OCc3cccc(C(F)(F)F)c3)c2)cc1. The van der Waals surface area contributed by atoms with Crippen LogP contribution in [0.15, 0.2) is 72.8 Å². The molecule has 0 bridgehead atoms. The van der Waals surface area contributed by atoms with Gasteiger partial charge in [-0.1, -0.05) is 53.7 Å². The molecule has 0 spiro atoms. The molecule has 1 aromatic heterocycles. The number of rotatable bonds is 5. The fourth-order valence-electron chi connectivity index (χ4n) is 3.10. The van der Waals surface area contributed by atoms with E-state index in [0.29, 0.717) is 17.0 Å². The molecule has 0 fully saturated rings. The van der Waals surface area contributed by atoms with Crippen molar-refractivity contribution in [3.05, 3.63) is 89.6 Å². The van der Waals surface area contributed by atoms with Crippen molar-refractivity contribution in [3.63, 3.8) is 0 Å². The number of ether oxygens (including phenoxy) is 1. The number of nitrogens with one attached hydrogen (secondary N) is 1. The molecular weight excluding hydrogens is 405 g/mol. The van der Waals surface area contributed by atoms with E-state index < -0.39 is 11.7 Å². The first-order chi connectivity index (χ1) is 14.9. The van der Waals surface area contributed by atoms with Crippen LogP contribution < -0.4 is 4.74 Å². The quantitative estimate of drug-likeness (QED) is 0.456. The van der Waals surface area contributed by atoms with E-state index in [-0.39, 0.29) is 12.3 Å². The van der Waals surface area contributed by atoms with Gasteiger partial charge in [0.2, 0.25) is 0 Å². The van der Waals surface area contributed by atoms with Crippen molar-refractivity contribution in [1.29, 1.82) is 5.26 Å². The molecule has 0 aliphatic carbocycles. The van der Waals surface area contributed by atoms with Crippen LogP contribution in [0.3, 0.4) is 0 Å². The highest BCUT2D eigenvalue weighted by atomic mass is 19.4. The van der Waals surface area contributed by atoms with Crippen LogP contribution in [0.4, 0.5) is 13.2 Å². The van der Waals surface area contributed by atoms with E-state index in [4.69, 9.17) is 10.00 Å². The molecule has 154 valence electrons. The maximum Gasteiger partial charge on any atom is 0.416 e. The van der Waals surface area contributed by atoms with Crippen molar-refractivity contribution >= 4 is 0 Å². The molecule has 31 heavy (non-hydrogen) atoms. The Labute approximate surface area is 175 Å². The topological polar surface area (TPSA) is 74.6 Å². The molecule has 0 amide bonds. The van der Waals surface area contributed by atoms with E-state index in [2.05, 4.69) is 15.4 Å². The molecular formula is C23H15F3N4O. The molecule has 1 heterocycles. The molecule has 3 aromatic carbocycles. The maximum atomic E-state index is 12.9. The van der Waals surface area contributed by atoms with Gasteiger partial charge in [0.25, 0.3) is 0 Å². The summed E-state index contributed by atoms with van der Waals surface area (Å²) in [6, 6.07) is 21.8. The molecule has 4 aromatic rings. The van der Waals surface area contributed by atoms with Gasteiger partial charge in [-0.15, -0.1) is 5.10 Å². The largest absolute Gasteiger partial charge is 0.489 e. The van der Waals surface area contributed by atoms with Crippen LogP contribution in [0.2, 0.25) is 0 Å². The lowest BCUT2D eigenvalue weighted by Gasteiger charge is -2.11. The highest BCUT2D eigenvalue weighted by molar-refractivity contribution is 5.71. The molecule has 5 nitrogen and oxygen atoms in total. The number of hydrogen-bond acceptors (Lipinski definition) is 4. The Morgan fingerprint density at radius 1 is 0.903 bits per heavy atom. The third-order valence-corrected chi connectivity index (χ3v) is 4.65. The Morgan fingerprint density at radius 3 is 2.39 bits per heavy atom. The predicted octanol–water partition coefficient (Wildman–Crippen LogP) is 5.61. The van der Waals surface area contributed by atoms with E-state index in [1.165, 1.54) is 6.07 Å². The normalized spacial score (nSPS) is 11.2. The number of nitrogens with zero attached hydrogens (tertiary/aromatic N) is 3. The first-order valence-electron chi connectivity index (χ1n) is 9.25. The average Bonchev–Trinajstić information content (AvgIpc) is 3.27. The minimum absolute atomic E-state index is 0.0232. The molecule has 0 saturated carbocycles. The van der Waals surface area contributed by atoms with Crippen LogP contribution in [0.1, 0.15) is 16.8 Å². The number of hydrogen-bond donors (Lipinski definition) is 1. The second-order valence-corrected chi connectivity index (χ2v) is 6.74. The van der Waals surface area contributed by atoms with Crippen LogP contribution >= 0.6 is 0 Å². The van der Waals surface area contributed by atoms with Gasteiger partial charge in [-0.2, -0.15) is 18.4 Å². The van der Waals surface area contributed by atoms with Crippen molar-refractivity contribution in [3.8, 4) is 34.2 Å². The average molecular weight is 420 g/mol. The second-order valence-electron chi connectivity index (χ2n) is 6.74. The summed E-state index contributed by atoms with van der Waals surface area (Å²) in [6.07, 6.45) is -4.39. The fourth-order valence-corrected chi connectivity index (χ4v) is 3.10. The van der Waals surface area contributed by atoms with Gasteiger partial charge in [-0.05, 0) is 41.0 Å². The highest BCUT2D eigenvalue weighted by Crippen LogP contribution is 2.30. The second kappa shape index (κ2) is 8.32. The van der Waals surface area contributed by atoms with Gasteiger partial charge in [0, 0.05) is 5.56 Å². The lowest BCUT2D eigenvalue weighted by atomic mass is 10.0. The third kappa shape index (κ3) is 4.56. The number of nitriles is 1. The summed E-state index contributed by atoms with van der Waals surface area (Å²) in [5.74, 6) is 0.544. The molecule has 0 radical (unpaired) electrons. The Bertz CT molecular complexity index is 1240. The molecule has 0 saturated heterocycles. The Kier molecular flexibility index (Phi) is 5.41. The number of aromatic nitrogens is 3. The number of benzene rings is 3. The first-order valence-corrected chi connectivity index (χ1v) is 9.25. The van der Waals surface area contributed by atoms with Crippen molar-refractivity contribution in [1.82, 2.24) is 15.4 Å². The third-order valence-electron chi connectivity index (χ3n) is 4.65. The summed E-state index contributed by atoms with van der Waals surface area (Å²) in [5, 5.41) is 19.2. The van der Waals surface area contributed by atoms with Gasteiger partial charge in [0.1, 0.15) is 24.1 Å². The van der Waals surface area contributed by atoms with Crippen LogP contribution in [0, 0.1) is 11.3 Å². The molecule has 0 aliphatic heterocycles. The van der Waals surface area contributed by atoms with Crippen LogP contribution in [-0.4, -0.2) is 15.4 Å². The van der Waals surface area contributed by atoms with Gasteiger partial charge in [-0.25, -0.2) is 5.10 Å². The summed E-state index contributed by atoms with van der Waals surface area (Å²) < 4.78 is 44.3. The van der Waals surface area contributed by atoms with Crippen LogP contribution in [0.5, 0.6) is 5.75 Å². The van der Waals surface area contributed by atoms with Crippen molar-refractivity contribution in [2.75, 3.05) is 0 Å². The molecule has 0 aliphatic rings. The molecule has 1 N–H and O–H groups in total. The number of alkyl halides is 3. The lowest BCUT2D eigenvalue weighted by Crippen LogP contribution is -2.06. The summed E-state index contributed by atoms with van der Waals surface area (Å²) >= 11 is 0. The monoisotopic (exact) mass is 420 g/mol. The summed E-state index contributed by atoms with van der Waals surface area (Å²) in [6.45, 7) is 0.0232. The molecule has 8 heteroatoms. The highest BCUT2D eigenvalue weighted by Gasteiger charge is 2.30. The molecule has 4 rings (SSSR count). The Hall–Kier alpha value is -4.12. The van der Waals surface area contributed by atoms with Gasteiger partial charge in [0.05, 0.1) is 5.56 Å². The standard InChI is InChI=1S/C23H15F3N4O/c24-23(25,26)19-5-1-3-15(11-19)14-31-20-6-2-4-18(12-20)16-7-9-17(10-8-16)22-21(13-27)28-30-29-22/h1-12H,14H2,(H,28,29,30). The maximum absolute atomic E-state index is 12.9. The van der Waals surface area contributed by atoms with Gasteiger partial charge >= 0.3 is 6.18 Å². The van der Waals surface area contributed by atoms with E-state index in [1.807, 2.05) is 48.5 Å². The molecule has 0 atom stereocenters. The number of halogens is 3.